The van der Waals surface area contributed by atoms with Crippen molar-refractivity contribution in [1.82, 2.24) is 0 Å². The number of hydrogen-bond donors (Lipinski definition) is 1. The van der Waals surface area contributed by atoms with E-state index in [4.69, 9.17) is 22.1 Å². The highest BCUT2D eigenvalue weighted by atomic mass is 35.5. The van der Waals surface area contributed by atoms with Crippen molar-refractivity contribution in [2.45, 2.75) is 39.7 Å². The van der Waals surface area contributed by atoms with Gasteiger partial charge in [-0.1, -0.05) is 56.1 Å². The zero-order chi connectivity index (χ0) is 15.6. The lowest BCUT2D eigenvalue weighted by molar-refractivity contribution is 0.298. The average Bonchev–Trinajstić information content (AvgIpc) is 2.38. The van der Waals surface area contributed by atoms with Crippen LogP contribution in [0.5, 0.6) is 5.75 Å². The Labute approximate surface area is 131 Å². The van der Waals surface area contributed by atoms with Crippen LogP contribution < -0.4 is 10.5 Å². The number of hydrogen-bond acceptors (Lipinski definition) is 2. The lowest BCUT2D eigenvalue weighted by atomic mass is 9.85. The van der Waals surface area contributed by atoms with Crippen molar-refractivity contribution in [3.8, 4) is 5.75 Å². The Bertz CT molecular complexity index is 644. The second-order valence-corrected chi connectivity index (χ2v) is 6.82. The SMILES string of the molecule is Cc1ccc(OCc2ccc(Cl)cc2N)c(C(C)(C)C)c1. The molecule has 0 heterocycles. The molecule has 0 aromatic heterocycles. The highest BCUT2D eigenvalue weighted by molar-refractivity contribution is 6.30. The van der Waals surface area contributed by atoms with E-state index in [1.165, 1.54) is 11.1 Å². The quantitative estimate of drug-likeness (QED) is 0.800. The van der Waals surface area contributed by atoms with Crippen LogP contribution in [-0.2, 0) is 12.0 Å². The summed E-state index contributed by atoms with van der Waals surface area (Å²) in [7, 11) is 0. The number of nitrogens with two attached hydrogens (primary N) is 1. The molecule has 112 valence electrons. The summed E-state index contributed by atoms with van der Waals surface area (Å²) in [6.45, 7) is 9.09. The summed E-state index contributed by atoms with van der Waals surface area (Å²) in [5, 5.41) is 0.641. The fourth-order valence-corrected chi connectivity index (χ4v) is 2.39. The van der Waals surface area contributed by atoms with Crippen molar-refractivity contribution in [3.05, 3.63) is 58.1 Å². The van der Waals surface area contributed by atoms with Gasteiger partial charge in [0.1, 0.15) is 12.4 Å². The van der Waals surface area contributed by atoms with Gasteiger partial charge in [0.25, 0.3) is 0 Å². The zero-order valence-corrected chi connectivity index (χ0v) is 13.8. The Morgan fingerprint density at radius 2 is 1.81 bits per heavy atom. The van der Waals surface area contributed by atoms with E-state index in [1.807, 2.05) is 18.2 Å². The number of rotatable bonds is 3. The molecule has 2 rings (SSSR count). The van der Waals surface area contributed by atoms with Crippen LogP contribution in [0.15, 0.2) is 36.4 Å². The molecular weight excluding hydrogens is 282 g/mol. The van der Waals surface area contributed by atoms with Crippen LogP contribution in [0.4, 0.5) is 5.69 Å². The molecule has 21 heavy (non-hydrogen) atoms. The van der Waals surface area contributed by atoms with Crippen molar-refractivity contribution in [2.24, 2.45) is 0 Å². The summed E-state index contributed by atoms with van der Waals surface area (Å²) in [5.41, 5.74) is 10.0. The molecule has 2 aromatic carbocycles. The van der Waals surface area contributed by atoms with E-state index in [0.29, 0.717) is 17.3 Å². The Hall–Kier alpha value is -1.67. The first-order valence-electron chi connectivity index (χ1n) is 7.05. The topological polar surface area (TPSA) is 35.2 Å². The molecule has 2 N–H and O–H groups in total. The minimum absolute atomic E-state index is 0.0346. The third-order valence-corrected chi connectivity index (χ3v) is 3.67. The maximum Gasteiger partial charge on any atom is 0.123 e. The summed E-state index contributed by atoms with van der Waals surface area (Å²) in [6.07, 6.45) is 0. The molecule has 0 bridgehead atoms. The fourth-order valence-electron chi connectivity index (χ4n) is 2.21. The van der Waals surface area contributed by atoms with Crippen molar-refractivity contribution in [1.29, 1.82) is 0 Å². The highest BCUT2D eigenvalue weighted by Gasteiger charge is 2.19. The Morgan fingerprint density at radius 1 is 1.10 bits per heavy atom. The lowest BCUT2D eigenvalue weighted by Gasteiger charge is -2.23. The minimum Gasteiger partial charge on any atom is -0.489 e. The van der Waals surface area contributed by atoms with E-state index in [9.17, 15) is 0 Å². The summed E-state index contributed by atoms with van der Waals surface area (Å²) >= 11 is 5.92. The van der Waals surface area contributed by atoms with Gasteiger partial charge in [0, 0.05) is 16.3 Å². The molecule has 0 spiro atoms. The number of nitrogen functional groups attached to an aromatic ring is 1. The van der Waals surface area contributed by atoms with Crippen LogP contribution in [0.3, 0.4) is 0 Å². The van der Waals surface area contributed by atoms with E-state index in [2.05, 4.69) is 39.8 Å². The van der Waals surface area contributed by atoms with E-state index in [0.717, 1.165) is 11.3 Å². The van der Waals surface area contributed by atoms with E-state index < -0.39 is 0 Å². The maximum atomic E-state index is 6.00. The van der Waals surface area contributed by atoms with Gasteiger partial charge >= 0.3 is 0 Å². The lowest BCUT2D eigenvalue weighted by Crippen LogP contribution is -2.14. The largest absolute Gasteiger partial charge is 0.489 e. The molecule has 2 nitrogen and oxygen atoms in total. The predicted octanol–water partition coefficient (Wildman–Crippen LogP) is 5.11. The standard InChI is InChI=1S/C18H22ClNO/c1-12-5-8-17(15(9-12)18(2,3)4)21-11-13-6-7-14(19)10-16(13)20/h5-10H,11,20H2,1-4H3. The minimum atomic E-state index is 0.0346. The van der Waals surface area contributed by atoms with Gasteiger partial charge in [-0.2, -0.15) is 0 Å². The molecule has 0 saturated carbocycles. The normalized spacial score (nSPS) is 11.5. The van der Waals surface area contributed by atoms with Crippen LogP contribution in [-0.4, -0.2) is 0 Å². The van der Waals surface area contributed by atoms with Gasteiger partial charge in [0.05, 0.1) is 0 Å². The summed E-state index contributed by atoms with van der Waals surface area (Å²) in [5.74, 6) is 0.905. The number of halogens is 1. The maximum absolute atomic E-state index is 6.00. The summed E-state index contributed by atoms with van der Waals surface area (Å²) < 4.78 is 6.00. The molecular formula is C18H22ClNO. The highest BCUT2D eigenvalue weighted by Crippen LogP contribution is 2.33. The second-order valence-electron chi connectivity index (χ2n) is 6.38. The molecule has 0 radical (unpaired) electrons. The smallest absolute Gasteiger partial charge is 0.123 e. The zero-order valence-electron chi connectivity index (χ0n) is 13.0. The van der Waals surface area contributed by atoms with E-state index in [-0.39, 0.29) is 5.41 Å². The van der Waals surface area contributed by atoms with Crippen LogP contribution in [0, 0.1) is 6.92 Å². The molecule has 0 atom stereocenters. The van der Waals surface area contributed by atoms with Crippen LogP contribution in [0.2, 0.25) is 5.02 Å². The molecule has 0 amide bonds. The summed E-state index contributed by atoms with van der Waals surface area (Å²) in [4.78, 5) is 0. The monoisotopic (exact) mass is 303 g/mol. The van der Waals surface area contributed by atoms with Crippen molar-refractivity contribution < 1.29 is 4.74 Å². The average molecular weight is 304 g/mol. The molecule has 0 unspecified atom stereocenters. The number of ether oxygens (including phenoxy) is 1. The van der Waals surface area contributed by atoms with Crippen LogP contribution in [0.25, 0.3) is 0 Å². The predicted molar refractivity (Wildman–Crippen MR) is 90.1 cm³/mol. The first-order valence-corrected chi connectivity index (χ1v) is 7.43. The van der Waals surface area contributed by atoms with Gasteiger partial charge in [-0.05, 0) is 36.1 Å². The number of anilines is 1. The van der Waals surface area contributed by atoms with Crippen LogP contribution in [0.1, 0.15) is 37.5 Å². The Balaban J connectivity index is 2.24. The molecule has 0 aliphatic carbocycles. The van der Waals surface area contributed by atoms with Gasteiger partial charge in [0.15, 0.2) is 0 Å². The third-order valence-electron chi connectivity index (χ3n) is 3.43. The molecule has 3 heteroatoms. The van der Waals surface area contributed by atoms with Gasteiger partial charge in [-0.3, -0.25) is 0 Å². The first kappa shape index (κ1) is 15.7. The Kier molecular flexibility index (Phi) is 4.48. The van der Waals surface area contributed by atoms with Crippen molar-refractivity contribution in [3.63, 3.8) is 0 Å². The molecule has 0 saturated heterocycles. The first-order chi connectivity index (χ1) is 9.77. The fraction of sp³-hybridized carbons (Fsp3) is 0.333. The molecule has 0 aliphatic heterocycles. The van der Waals surface area contributed by atoms with Gasteiger partial charge < -0.3 is 10.5 Å². The number of benzene rings is 2. The third kappa shape index (κ3) is 3.92. The summed E-state index contributed by atoms with van der Waals surface area (Å²) in [6, 6.07) is 11.8. The van der Waals surface area contributed by atoms with Crippen molar-refractivity contribution >= 4 is 17.3 Å². The van der Waals surface area contributed by atoms with Crippen LogP contribution >= 0.6 is 11.6 Å². The van der Waals surface area contributed by atoms with Gasteiger partial charge in [-0.15, -0.1) is 0 Å². The molecule has 2 aromatic rings. The molecule has 0 aliphatic rings. The second kappa shape index (κ2) is 5.98. The number of aryl methyl sites for hydroxylation is 1. The van der Waals surface area contributed by atoms with Gasteiger partial charge in [0.2, 0.25) is 0 Å². The van der Waals surface area contributed by atoms with Gasteiger partial charge in [-0.25, -0.2) is 0 Å². The van der Waals surface area contributed by atoms with Crippen molar-refractivity contribution in [2.75, 3.05) is 5.73 Å². The Morgan fingerprint density at radius 3 is 2.43 bits per heavy atom. The van der Waals surface area contributed by atoms with E-state index >= 15 is 0 Å². The molecule has 0 fully saturated rings. The van der Waals surface area contributed by atoms with E-state index in [1.54, 1.807) is 6.07 Å².